The fraction of sp³-hybridized carbons (Fsp3) is 0.231. The SMILES string of the molecule is Cc1cccc(OCC(=O)NCc2cccc(CNC(=O)COc3cccc(C)c3)c2)c1. The minimum absolute atomic E-state index is 0.0415. The molecule has 0 aliphatic rings. The molecule has 0 aromatic heterocycles. The minimum Gasteiger partial charge on any atom is -0.484 e. The molecule has 6 heteroatoms. The highest BCUT2D eigenvalue weighted by molar-refractivity contribution is 5.78. The van der Waals surface area contributed by atoms with Crippen molar-refractivity contribution in [1.82, 2.24) is 10.6 Å². The maximum atomic E-state index is 12.1. The van der Waals surface area contributed by atoms with Crippen molar-refractivity contribution < 1.29 is 19.1 Å². The van der Waals surface area contributed by atoms with E-state index in [4.69, 9.17) is 9.47 Å². The van der Waals surface area contributed by atoms with Crippen molar-refractivity contribution >= 4 is 11.8 Å². The van der Waals surface area contributed by atoms with E-state index >= 15 is 0 Å². The van der Waals surface area contributed by atoms with Gasteiger partial charge in [-0.15, -0.1) is 0 Å². The van der Waals surface area contributed by atoms with E-state index in [1.165, 1.54) is 0 Å². The normalized spacial score (nSPS) is 10.3. The van der Waals surface area contributed by atoms with Gasteiger partial charge in [0.15, 0.2) is 13.2 Å². The van der Waals surface area contributed by atoms with Crippen LogP contribution >= 0.6 is 0 Å². The van der Waals surface area contributed by atoms with Gasteiger partial charge in [-0.05, 0) is 60.4 Å². The molecule has 0 heterocycles. The summed E-state index contributed by atoms with van der Waals surface area (Å²) in [6, 6.07) is 22.8. The average molecular weight is 433 g/mol. The number of carbonyl (C=O) groups excluding carboxylic acids is 2. The summed E-state index contributed by atoms with van der Waals surface area (Å²) in [7, 11) is 0. The molecule has 6 nitrogen and oxygen atoms in total. The monoisotopic (exact) mass is 432 g/mol. The van der Waals surface area contributed by atoms with E-state index in [0.717, 1.165) is 22.3 Å². The van der Waals surface area contributed by atoms with Gasteiger partial charge in [0.25, 0.3) is 11.8 Å². The zero-order chi connectivity index (χ0) is 22.8. The van der Waals surface area contributed by atoms with Gasteiger partial charge in [-0.2, -0.15) is 0 Å². The van der Waals surface area contributed by atoms with Crippen molar-refractivity contribution in [3.05, 3.63) is 95.1 Å². The maximum absolute atomic E-state index is 12.1. The summed E-state index contributed by atoms with van der Waals surface area (Å²) in [4.78, 5) is 24.2. The summed E-state index contributed by atoms with van der Waals surface area (Å²) in [5.74, 6) is 0.950. The van der Waals surface area contributed by atoms with Gasteiger partial charge in [-0.3, -0.25) is 9.59 Å². The number of ether oxygens (including phenoxy) is 2. The maximum Gasteiger partial charge on any atom is 0.258 e. The number of amides is 2. The number of rotatable bonds is 10. The third kappa shape index (κ3) is 7.80. The molecule has 0 aliphatic heterocycles. The van der Waals surface area contributed by atoms with Crippen LogP contribution in [0.5, 0.6) is 11.5 Å². The third-order valence-corrected chi connectivity index (χ3v) is 4.69. The van der Waals surface area contributed by atoms with Crippen LogP contribution in [0.15, 0.2) is 72.8 Å². The second kappa shape index (κ2) is 11.6. The largest absolute Gasteiger partial charge is 0.484 e. The van der Waals surface area contributed by atoms with E-state index in [1.807, 2.05) is 86.6 Å². The van der Waals surface area contributed by atoms with E-state index in [2.05, 4.69) is 10.6 Å². The Kier molecular flexibility index (Phi) is 8.26. The van der Waals surface area contributed by atoms with Crippen LogP contribution in [-0.2, 0) is 22.7 Å². The standard InChI is InChI=1S/C26H28N2O4/c1-19-6-3-10-23(12-19)31-17-25(29)27-15-21-8-5-9-22(14-21)16-28-26(30)18-32-24-11-4-7-20(2)13-24/h3-14H,15-18H2,1-2H3,(H,27,29)(H,28,30). The Morgan fingerprint density at radius 3 is 1.53 bits per heavy atom. The highest BCUT2D eigenvalue weighted by Crippen LogP contribution is 2.13. The molecule has 0 saturated carbocycles. The topological polar surface area (TPSA) is 76.7 Å². The summed E-state index contributed by atoms with van der Waals surface area (Å²) in [5, 5.41) is 5.70. The zero-order valence-electron chi connectivity index (χ0n) is 18.4. The van der Waals surface area contributed by atoms with E-state index in [9.17, 15) is 9.59 Å². The summed E-state index contributed by atoms with van der Waals surface area (Å²) in [6.07, 6.45) is 0. The Balaban J connectivity index is 1.39. The van der Waals surface area contributed by atoms with Gasteiger partial charge in [0, 0.05) is 13.1 Å². The predicted octanol–water partition coefficient (Wildman–Crippen LogP) is 3.69. The van der Waals surface area contributed by atoms with E-state index in [-0.39, 0.29) is 25.0 Å². The summed E-state index contributed by atoms with van der Waals surface area (Å²) in [6.45, 7) is 4.63. The van der Waals surface area contributed by atoms with Crippen LogP contribution in [0.25, 0.3) is 0 Å². The second-order valence-corrected chi connectivity index (χ2v) is 7.58. The first-order valence-corrected chi connectivity index (χ1v) is 10.5. The molecular formula is C26H28N2O4. The predicted molar refractivity (Wildman–Crippen MR) is 123 cm³/mol. The molecule has 0 radical (unpaired) electrons. The number of nitrogens with one attached hydrogen (secondary N) is 2. The average Bonchev–Trinajstić information content (AvgIpc) is 2.79. The van der Waals surface area contributed by atoms with Crippen molar-refractivity contribution in [2.24, 2.45) is 0 Å². The van der Waals surface area contributed by atoms with Crippen molar-refractivity contribution in [3.8, 4) is 11.5 Å². The molecule has 0 saturated heterocycles. The van der Waals surface area contributed by atoms with Crippen LogP contribution in [0, 0.1) is 13.8 Å². The lowest BCUT2D eigenvalue weighted by atomic mass is 10.1. The first-order valence-electron chi connectivity index (χ1n) is 10.5. The molecule has 0 bridgehead atoms. The first-order chi connectivity index (χ1) is 15.5. The lowest BCUT2D eigenvalue weighted by Crippen LogP contribution is -2.29. The molecule has 3 rings (SSSR count). The molecule has 0 fully saturated rings. The van der Waals surface area contributed by atoms with Gasteiger partial charge in [0.05, 0.1) is 0 Å². The van der Waals surface area contributed by atoms with Crippen molar-refractivity contribution in [2.45, 2.75) is 26.9 Å². The molecule has 0 spiro atoms. The molecule has 0 atom stereocenters. The molecule has 2 N–H and O–H groups in total. The molecule has 3 aromatic carbocycles. The van der Waals surface area contributed by atoms with Gasteiger partial charge >= 0.3 is 0 Å². The molecule has 0 unspecified atom stereocenters. The second-order valence-electron chi connectivity index (χ2n) is 7.58. The van der Waals surface area contributed by atoms with Crippen molar-refractivity contribution in [2.75, 3.05) is 13.2 Å². The van der Waals surface area contributed by atoms with Gasteiger partial charge in [-0.1, -0.05) is 48.5 Å². The van der Waals surface area contributed by atoms with Crippen LogP contribution in [0.1, 0.15) is 22.3 Å². The summed E-state index contributed by atoms with van der Waals surface area (Å²) >= 11 is 0. The fourth-order valence-corrected chi connectivity index (χ4v) is 3.06. The molecule has 3 aromatic rings. The first kappa shape index (κ1) is 22.9. The molecular weight excluding hydrogens is 404 g/mol. The van der Waals surface area contributed by atoms with Crippen LogP contribution in [0.4, 0.5) is 0 Å². The van der Waals surface area contributed by atoms with Gasteiger partial charge in [0.1, 0.15) is 11.5 Å². The van der Waals surface area contributed by atoms with Crippen LogP contribution in [-0.4, -0.2) is 25.0 Å². The van der Waals surface area contributed by atoms with E-state index in [0.29, 0.717) is 24.6 Å². The zero-order valence-corrected chi connectivity index (χ0v) is 18.4. The number of hydrogen-bond acceptors (Lipinski definition) is 4. The summed E-state index contributed by atoms with van der Waals surface area (Å²) < 4.78 is 11.0. The third-order valence-electron chi connectivity index (χ3n) is 4.69. The Bertz CT molecular complexity index is 984. The smallest absolute Gasteiger partial charge is 0.258 e. The van der Waals surface area contributed by atoms with Gasteiger partial charge < -0.3 is 20.1 Å². The Labute approximate surface area is 188 Å². The molecule has 166 valence electrons. The summed E-state index contributed by atoms with van der Waals surface area (Å²) in [5.41, 5.74) is 4.04. The quantitative estimate of drug-likeness (QED) is 0.512. The van der Waals surface area contributed by atoms with Gasteiger partial charge in [0.2, 0.25) is 0 Å². The Morgan fingerprint density at radius 1 is 0.656 bits per heavy atom. The highest BCUT2D eigenvalue weighted by Gasteiger charge is 2.06. The Hall–Kier alpha value is -3.80. The van der Waals surface area contributed by atoms with Crippen molar-refractivity contribution in [3.63, 3.8) is 0 Å². The van der Waals surface area contributed by atoms with Gasteiger partial charge in [-0.25, -0.2) is 0 Å². The highest BCUT2D eigenvalue weighted by atomic mass is 16.5. The fourth-order valence-electron chi connectivity index (χ4n) is 3.06. The number of aryl methyl sites for hydroxylation is 2. The van der Waals surface area contributed by atoms with Crippen LogP contribution in [0.3, 0.4) is 0 Å². The number of carbonyl (C=O) groups is 2. The molecule has 2 amide bonds. The van der Waals surface area contributed by atoms with Crippen LogP contribution < -0.4 is 20.1 Å². The Morgan fingerprint density at radius 2 is 1.09 bits per heavy atom. The number of benzene rings is 3. The van der Waals surface area contributed by atoms with Crippen molar-refractivity contribution in [1.29, 1.82) is 0 Å². The number of hydrogen-bond donors (Lipinski definition) is 2. The molecule has 32 heavy (non-hydrogen) atoms. The lowest BCUT2D eigenvalue weighted by molar-refractivity contribution is -0.124. The van der Waals surface area contributed by atoms with Crippen LogP contribution in [0.2, 0.25) is 0 Å². The lowest BCUT2D eigenvalue weighted by Gasteiger charge is -2.10. The van der Waals surface area contributed by atoms with E-state index < -0.39 is 0 Å². The minimum atomic E-state index is -0.196. The molecule has 0 aliphatic carbocycles. The van der Waals surface area contributed by atoms with E-state index in [1.54, 1.807) is 0 Å².